The van der Waals surface area contributed by atoms with Crippen LogP contribution in [0.15, 0.2) is 0 Å². The Balaban J connectivity index is 1.94. The summed E-state index contributed by atoms with van der Waals surface area (Å²) in [5.74, 6) is 0.672. The van der Waals surface area contributed by atoms with Crippen molar-refractivity contribution < 1.29 is 4.74 Å². The van der Waals surface area contributed by atoms with Crippen LogP contribution >= 0.6 is 0 Å². The van der Waals surface area contributed by atoms with Gasteiger partial charge in [0.1, 0.15) is 0 Å². The lowest BCUT2D eigenvalue weighted by Gasteiger charge is -2.38. The zero-order chi connectivity index (χ0) is 11.4. The summed E-state index contributed by atoms with van der Waals surface area (Å²) in [7, 11) is 0. The molecule has 1 saturated heterocycles. The molecule has 2 fully saturated rings. The van der Waals surface area contributed by atoms with Gasteiger partial charge in [-0.3, -0.25) is 4.90 Å². The summed E-state index contributed by atoms with van der Waals surface area (Å²) in [6.45, 7) is 6.15. The first kappa shape index (κ1) is 12.3. The lowest BCUT2D eigenvalue weighted by atomic mass is 9.92. The standard InChI is InChI=1S/C13H26N2O/c1-2-7-15(12-5-6-12)13(9-14)11-4-3-8-16-10-11/h11-13H,2-10,14H2,1H3. The van der Waals surface area contributed by atoms with Crippen LogP contribution in [-0.4, -0.2) is 43.3 Å². The third kappa shape index (κ3) is 2.96. The second-order valence-electron chi connectivity index (χ2n) is 5.25. The van der Waals surface area contributed by atoms with Crippen LogP contribution in [-0.2, 0) is 4.74 Å². The molecule has 0 aromatic carbocycles. The van der Waals surface area contributed by atoms with Crippen molar-refractivity contribution in [3.8, 4) is 0 Å². The van der Waals surface area contributed by atoms with E-state index in [2.05, 4.69) is 11.8 Å². The molecule has 3 heteroatoms. The van der Waals surface area contributed by atoms with Crippen molar-refractivity contribution >= 4 is 0 Å². The summed E-state index contributed by atoms with van der Waals surface area (Å²) in [6.07, 6.45) is 6.51. The maximum Gasteiger partial charge on any atom is 0.0509 e. The first-order valence-electron chi connectivity index (χ1n) is 6.90. The van der Waals surface area contributed by atoms with Crippen LogP contribution in [0.2, 0.25) is 0 Å². The van der Waals surface area contributed by atoms with Crippen LogP contribution in [0.5, 0.6) is 0 Å². The van der Waals surface area contributed by atoms with Gasteiger partial charge in [0.25, 0.3) is 0 Å². The molecule has 0 radical (unpaired) electrons. The Hall–Kier alpha value is -0.120. The van der Waals surface area contributed by atoms with Gasteiger partial charge in [-0.2, -0.15) is 0 Å². The van der Waals surface area contributed by atoms with Gasteiger partial charge in [0, 0.05) is 25.2 Å². The predicted molar refractivity (Wildman–Crippen MR) is 66.4 cm³/mol. The van der Waals surface area contributed by atoms with E-state index in [1.54, 1.807) is 0 Å². The fourth-order valence-corrected chi connectivity index (χ4v) is 2.95. The van der Waals surface area contributed by atoms with Crippen molar-refractivity contribution in [1.82, 2.24) is 4.90 Å². The Labute approximate surface area is 99.3 Å². The van der Waals surface area contributed by atoms with Crippen LogP contribution in [0.25, 0.3) is 0 Å². The van der Waals surface area contributed by atoms with E-state index in [0.29, 0.717) is 12.0 Å². The van der Waals surface area contributed by atoms with Gasteiger partial charge in [-0.05, 0) is 44.6 Å². The number of nitrogens with zero attached hydrogens (tertiary/aromatic N) is 1. The lowest BCUT2D eigenvalue weighted by Crippen LogP contribution is -2.49. The molecule has 1 aliphatic heterocycles. The van der Waals surface area contributed by atoms with Gasteiger partial charge in [-0.15, -0.1) is 0 Å². The maximum atomic E-state index is 6.00. The average molecular weight is 226 g/mol. The number of ether oxygens (including phenoxy) is 1. The van der Waals surface area contributed by atoms with Gasteiger partial charge >= 0.3 is 0 Å². The van der Waals surface area contributed by atoms with Gasteiger partial charge in [-0.1, -0.05) is 6.92 Å². The fourth-order valence-electron chi connectivity index (χ4n) is 2.95. The zero-order valence-corrected chi connectivity index (χ0v) is 10.5. The summed E-state index contributed by atoms with van der Waals surface area (Å²) < 4.78 is 5.61. The minimum Gasteiger partial charge on any atom is -0.381 e. The molecule has 0 aromatic rings. The first-order chi connectivity index (χ1) is 7.86. The van der Waals surface area contributed by atoms with Crippen LogP contribution in [0.3, 0.4) is 0 Å². The lowest BCUT2D eigenvalue weighted by molar-refractivity contribution is 0.00880. The van der Waals surface area contributed by atoms with Gasteiger partial charge < -0.3 is 10.5 Å². The Kier molecular flexibility index (Phi) is 4.62. The van der Waals surface area contributed by atoms with Crippen molar-refractivity contribution in [2.24, 2.45) is 11.7 Å². The number of hydrogen-bond donors (Lipinski definition) is 1. The van der Waals surface area contributed by atoms with E-state index in [1.807, 2.05) is 0 Å². The molecule has 0 amide bonds. The average Bonchev–Trinajstić information content (AvgIpc) is 3.14. The van der Waals surface area contributed by atoms with E-state index in [-0.39, 0.29) is 0 Å². The fraction of sp³-hybridized carbons (Fsp3) is 1.00. The molecular formula is C13H26N2O. The van der Waals surface area contributed by atoms with Crippen LogP contribution in [0.4, 0.5) is 0 Å². The summed E-state index contributed by atoms with van der Waals surface area (Å²) >= 11 is 0. The highest BCUT2D eigenvalue weighted by Gasteiger charge is 2.36. The summed E-state index contributed by atoms with van der Waals surface area (Å²) in [5.41, 5.74) is 6.00. The van der Waals surface area contributed by atoms with Crippen molar-refractivity contribution in [3.63, 3.8) is 0 Å². The Morgan fingerprint density at radius 2 is 2.19 bits per heavy atom. The Bertz CT molecular complexity index is 200. The third-order valence-corrected chi connectivity index (χ3v) is 3.90. The highest BCUT2D eigenvalue weighted by molar-refractivity contribution is 4.92. The molecule has 2 rings (SSSR count). The molecule has 3 nitrogen and oxygen atoms in total. The second-order valence-corrected chi connectivity index (χ2v) is 5.25. The van der Waals surface area contributed by atoms with E-state index in [1.165, 1.54) is 38.6 Å². The SMILES string of the molecule is CCCN(C1CC1)C(CN)C1CCCOC1. The van der Waals surface area contributed by atoms with Gasteiger partial charge in [-0.25, -0.2) is 0 Å². The third-order valence-electron chi connectivity index (χ3n) is 3.90. The maximum absolute atomic E-state index is 6.00. The van der Waals surface area contributed by atoms with Gasteiger partial charge in [0.2, 0.25) is 0 Å². The van der Waals surface area contributed by atoms with Gasteiger partial charge in [0.15, 0.2) is 0 Å². The van der Waals surface area contributed by atoms with Crippen molar-refractivity contribution in [2.75, 3.05) is 26.3 Å². The summed E-state index contributed by atoms with van der Waals surface area (Å²) in [5, 5.41) is 0. The van der Waals surface area contributed by atoms with E-state index in [4.69, 9.17) is 10.5 Å². The van der Waals surface area contributed by atoms with Gasteiger partial charge in [0.05, 0.1) is 6.61 Å². The van der Waals surface area contributed by atoms with E-state index in [0.717, 1.165) is 25.8 Å². The minimum absolute atomic E-state index is 0.563. The molecule has 94 valence electrons. The molecule has 2 N–H and O–H groups in total. The summed E-state index contributed by atoms with van der Waals surface area (Å²) in [6, 6.07) is 1.39. The highest BCUT2D eigenvalue weighted by atomic mass is 16.5. The minimum atomic E-state index is 0.563. The van der Waals surface area contributed by atoms with Crippen LogP contribution in [0.1, 0.15) is 39.0 Å². The number of hydrogen-bond acceptors (Lipinski definition) is 3. The molecule has 16 heavy (non-hydrogen) atoms. The van der Waals surface area contributed by atoms with Crippen molar-refractivity contribution in [1.29, 1.82) is 0 Å². The molecule has 0 bridgehead atoms. The van der Waals surface area contributed by atoms with Crippen LogP contribution in [0, 0.1) is 5.92 Å². The second kappa shape index (κ2) is 5.99. The Morgan fingerprint density at radius 1 is 1.38 bits per heavy atom. The normalized spacial score (nSPS) is 28.3. The molecule has 1 heterocycles. The highest BCUT2D eigenvalue weighted by Crippen LogP contribution is 2.32. The molecular weight excluding hydrogens is 200 g/mol. The van der Waals surface area contributed by atoms with Crippen LogP contribution < -0.4 is 5.73 Å². The van der Waals surface area contributed by atoms with E-state index in [9.17, 15) is 0 Å². The molecule has 2 aliphatic rings. The first-order valence-corrected chi connectivity index (χ1v) is 6.90. The molecule has 1 saturated carbocycles. The molecule has 2 unspecified atom stereocenters. The molecule has 1 aliphatic carbocycles. The Morgan fingerprint density at radius 3 is 2.69 bits per heavy atom. The van der Waals surface area contributed by atoms with E-state index >= 15 is 0 Å². The monoisotopic (exact) mass is 226 g/mol. The molecule has 2 atom stereocenters. The number of rotatable bonds is 6. The zero-order valence-electron chi connectivity index (χ0n) is 10.5. The topological polar surface area (TPSA) is 38.5 Å². The molecule has 0 aromatic heterocycles. The van der Waals surface area contributed by atoms with E-state index < -0.39 is 0 Å². The smallest absolute Gasteiger partial charge is 0.0509 e. The quantitative estimate of drug-likeness (QED) is 0.748. The van der Waals surface area contributed by atoms with Crippen molar-refractivity contribution in [2.45, 2.75) is 51.1 Å². The predicted octanol–water partition coefficient (Wildman–Crippen LogP) is 1.61. The molecule has 0 spiro atoms. The summed E-state index contributed by atoms with van der Waals surface area (Å²) in [4.78, 5) is 2.67. The largest absolute Gasteiger partial charge is 0.381 e. The van der Waals surface area contributed by atoms with Crippen molar-refractivity contribution in [3.05, 3.63) is 0 Å². The number of nitrogens with two attached hydrogens (primary N) is 1.